The van der Waals surface area contributed by atoms with Crippen molar-refractivity contribution in [2.24, 2.45) is 7.05 Å². The van der Waals surface area contributed by atoms with Gasteiger partial charge in [-0.2, -0.15) is 5.10 Å². The third-order valence-corrected chi connectivity index (χ3v) is 2.59. The van der Waals surface area contributed by atoms with Gasteiger partial charge in [0, 0.05) is 19.3 Å². The molecule has 7 nitrogen and oxygen atoms in total. The van der Waals surface area contributed by atoms with Crippen molar-refractivity contribution >= 4 is 28.8 Å². The summed E-state index contributed by atoms with van der Waals surface area (Å²) in [4.78, 5) is 13.9. The van der Waals surface area contributed by atoms with Crippen LogP contribution in [-0.4, -0.2) is 19.7 Å². The van der Waals surface area contributed by atoms with Crippen molar-refractivity contribution in [2.45, 2.75) is 6.92 Å². The summed E-state index contributed by atoms with van der Waals surface area (Å²) in [6.07, 6.45) is 2.93. The molecule has 2 heterocycles. The maximum atomic E-state index is 10.6. The molecule has 0 saturated carbocycles. The molecule has 0 saturated heterocycles. The van der Waals surface area contributed by atoms with Crippen LogP contribution in [0.3, 0.4) is 0 Å². The van der Waals surface area contributed by atoms with Crippen LogP contribution in [0.2, 0.25) is 5.02 Å². The second-order valence-electron chi connectivity index (χ2n) is 3.71. The van der Waals surface area contributed by atoms with Crippen molar-refractivity contribution in [2.75, 3.05) is 5.32 Å². The maximum Gasteiger partial charge on any atom is 0.289 e. The number of nitrogens with zero attached hydrogens (tertiary/aromatic N) is 4. The van der Waals surface area contributed by atoms with Gasteiger partial charge in [0.05, 0.1) is 21.3 Å². The predicted molar refractivity (Wildman–Crippen MR) is 67.1 cm³/mol. The Kier molecular flexibility index (Phi) is 3.15. The molecule has 1 N–H and O–H groups in total. The Balaban J connectivity index is 2.30. The van der Waals surface area contributed by atoms with Gasteiger partial charge in [-0.05, 0) is 6.92 Å². The lowest BCUT2D eigenvalue weighted by molar-refractivity contribution is -0.385. The summed E-state index contributed by atoms with van der Waals surface area (Å²) >= 11 is 5.93. The normalized spacial score (nSPS) is 10.4. The number of halogens is 1. The molecule has 0 atom stereocenters. The van der Waals surface area contributed by atoms with Crippen molar-refractivity contribution in [1.29, 1.82) is 0 Å². The van der Waals surface area contributed by atoms with Gasteiger partial charge in [-0.1, -0.05) is 11.6 Å². The molecule has 0 aromatic carbocycles. The Labute approximate surface area is 108 Å². The summed E-state index contributed by atoms with van der Waals surface area (Å²) in [6, 6.07) is 1.25. The molecule has 0 bridgehead atoms. The zero-order valence-corrected chi connectivity index (χ0v) is 10.5. The summed E-state index contributed by atoms with van der Waals surface area (Å²) in [7, 11) is 1.79. The van der Waals surface area contributed by atoms with E-state index in [1.165, 1.54) is 6.07 Å². The monoisotopic (exact) mass is 267 g/mol. The quantitative estimate of drug-likeness (QED) is 0.682. The number of hydrogen-bond donors (Lipinski definition) is 1. The van der Waals surface area contributed by atoms with Crippen LogP contribution < -0.4 is 5.32 Å². The first-order chi connectivity index (χ1) is 8.47. The van der Waals surface area contributed by atoms with Gasteiger partial charge in [-0.3, -0.25) is 14.8 Å². The van der Waals surface area contributed by atoms with Gasteiger partial charge in [-0.15, -0.1) is 0 Å². The van der Waals surface area contributed by atoms with Crippen LogP contribution in [0.1, 0.15) is 5.69 Å². The van der Waals surface area contributed by atoms with Gasteiger partial charge < -0.3 is 5.32 Å². The number of nitrogens with one attached hydrogen (secondary N) is 1. The Hall–Kier alpha value is -2.15. The average Bonchev–Trinajstić information content (AvgIpc) is 2.60. The fraction of sp³-hybridized carbons (Fsp3) is 0.200. The van der Waals surface area contributed by atoms with Gasteiger partial charge in [0.2, 0.25) is 0 Å². The highest BCUT2D eigenvalue weighted by atomic mass is 35.5. The molecule has 0 aliphatic heterocycles. The van der Waals surface area contributed by atoms with Crippen molar-refractivity contribution in [3.63, 3.8) is 0 Å². The SMILES string of the molecule is Cc1nn(C)cc1Nc1ncc([N+](=O)[O-])cc1Cl. The minimum absolute atomic E-state index is 0.145. The van der Waals surface area contributed by atoms with Crippen LogP contribution in [0.4, 0.5) is 17.2 Å². The lowest BCUT2D eigenvalue weighted by Gasteiger charge is -2.05. The summed E-state index contributed by atoms with van der Waals surface area (Å²) in [5, 5.41) is 17.9. The molecule has 18 heavy (non-hydrogen) atoms. The van der Waals surface area contributed by atoms with E-state index >= 15 is 0 Å². The molecule has 0 amide bonds. The summed E-state index contributed by atoms with van der Waals surface area (Å²) in [5.74, 6) is 0.360. The molecule has 0 aliphatic rings. The van der Waals surface area contributed by atoms with Gasteiger partial charge in [0.1, 0.15) is 12.0 Å². The number of aryl methyl sites for hydroxylation is 2. The van der Waals surface area contributed by atoms with E-state index in [0.717, 1.165) is 17.6 Å². The molecule has 0 fully saturated rings. The molecule has 8 heteroatoms. The predicted octanol–water partition coefficient (Wildman–Crippen LogP) is 2.43. The topological polar surface area (TPSA) is 85.9 Å². The molecule has 0 radical (unpaired) electrons. The number of rotatable bonds is 3. The van der Waals surface area contributed by atoms with E-state index in [0.29, 0.717) is 5.82 Å². The number of nitro groups is 1. The number of hydrogen-bond acceptors (Lipinski definition) is 5. The van der Waals surface area contributed by atoms with Gasteiger partial charge in [0.15, 0.2) is 0 Å². The van der Waals surface area contributed by atoms with Crippen molar-refractivity contribution in [1.82, 2.24) is 14.8 Å². The van der Waals surface area contributed by atoms with E-state index in [1.807, 2.05) is 6.92 Å². The highest BCUT2D eigenvalue weighted by molar-refractivity contribution is 6.33. The number of anilines is 2. The smallest absolute Gasteiger partial charge is 0.289 e. The van der Waals surface area contributed by atoms with Crippen molar-refractivity contribution < 1.29 is 4.92 Å². The molecule has 2 aromatic rings. The number of aromatic nitrogens is 3. The first-order valence-corrected chi connectivity index (χ1v) is 5.42. The first kappa shape index (κ1) is 12.3. The van der Waals surface area contributed by atoms with Crippen molar-refractivity contribution in [3.8, 4) is 0 Å². The molecule has 0 unspecified atom stereocenters. The Bertz CT molecular complexity index is 610. The van der Waals surface area contributed by atoms with Crippen LogP contribution in [0.25, 0.3) is 0 Å². The highest BCUT2D eigenvalue weighted by Crippen LogP contribution is 2.27. The Morgan fingerprint density at radius 3 is 2.78 bits per heavy atom. The highest BCUT2D eigenvalue weighted by Gasteiger charge is 2.12. The van der Waals surface area contributed by atoms with E-state index in [-0.39, 0.29) is 10.7 Å². The van der Waals surface area contributed by atoms with Crippen LogP contribution in [0.5, 0.6) is 0 Å². The molecular weight excluding hydrogens is 258 g/mol. The third kappa shape index (κ3) is 2.40. The summed E-state index contributed by atoms with van der Waals surface area (Å²) in [6.45, 7) is 1.83. The average molecular weight is 268 g/mol. The van der Waals surface area contributed by atoms with Crippen molar-refractivity contribution in [3.05, 3.63) is 39.3 Å². The maximum absolute atomic E-state index is 10.6. The molecule has 2 rings (SSSR count). The standard InChI is InChI=1S/C10H10ClN5O2/c1-6-9(5-15(2)14-6)13-10-8(11)3-7(4-12-10)16(17)18/h3-5H,1-2H3,(H,12,13). The van der Waals surface area contributed by atoms with Crippen LogP contribution in [0.15, 0.2) is 18.5 Å². The van der Waals surface area contributed by atoms with Crippen LogP contribution >= 0.6 is 11.6 Å². The second-order valence-corrected chi connectivity index (χ2v) is 4.12. The van der Waals surface area contributed by atoms with Gasteiger partial charge >= 0.3 is 0 Å². The largest absolute Gasteiger partial charge is 0.336 e. The fourth-order valence-electron chi connectivity index (χ4n) is 1.47. The molecular formula is C10H10ClN5O2. The molecule has 2 aromatic heterocycles. The zero-order valence-electron chi connectivity index (χ0n) is 9.72. The van der Waals surface area contributed by atoms with E-state index < -0.39 is 4.92 Å². The molecule has 94 valence electrons. The second kappa shape index (κ2) is 4.61. The lowest BCUT2D eigenvalue weighted by Crippen LogP contribution is -1.97. The Morgan fingerprint density at radius 1 is 1.56 bits per heavy atom. The third-order valence-electron chi connectivity index (χ3n) is 2.30. The minimum atomic E-state index is -0.544. The lowest BCUT2D eigenvalue weighted by atomic mass is 10.3. The van der Waals surface area contributed by atoms with Gasteiger partial charge in [0.25, 0.3) is 5.69 Å². The summed E-state index contributed by atoms with van der Waals surface area (Å²) < 4.78 is 1.65. The first-order valence-electron chi connectivity index (χ1n) is 5.04. The fourth-order valence-corrected chi connectivity index (χ4v) is 1.68. The number of pyridine rings is 1. The van der Waals surface area contributed by atoms with E-state index in [2.05, 4.69) is 15.4 Å². The van der Waals surface area contributed by atoms with E-state index in [4.69, 9.17) is 11.6 Å². The van der Waals surface area contributed by atoms with Crippen LogP contribution in [0, 0.1) is 17.0 Å². The zero-order chi connectivity index (χ0) is 13.3. The van der Waals surface area contributed by atoms with Crippen LogP contribution in [-0.2, 0) is 7.05 Å². The summed E-state index contributed by atoms with van der Waals surface area (Å²) in [5.41, 5.74) is 1.39. The molecule has 0 aliphatic carbocycles. The van der Waals surface area contributed by atoms with E-state index in [9.17, 15) is 10.1 Å². The Morgan fingerprint density at radius 2 is 2.28 bits per heavy atom. The minimum Gasteiger partial charge on any atom is -0.336 e. The molecule has 0 spiro atoms. The van der Waals surface area contributed by atoms with E-state index in [1.54, 1.807) is 17.9 Å². The van der Waals surface area contributed by atoms with Gasteiger partial charge in [-0.25, -0.2) is 4.98 Å².